The number of carbonyl (C=O) groups is 2. The maximum atomic E-state index is 11.7. The summed E-state index contributed by atoms with van der Waals surface area (Å²) in [5, 5.41) is 0. The molecule has 1 amide bonds. The molecule has 0 atom stereocenters. The van der Waals surface area contributed by atoms with Crippen molar-refractivity contribution in [2.45, 2.75) is 6.54 Å². The normalized spacial score (nSPS) is 9.33. The molecule has 0 aromatic heterocycles. The van der Waals surface area contributed by atoms with Crippen LogP contribution in [0.4, 0.5) is 0 Å². The molecule has 0 spiro atoms. The van der Waals surface area contributed by atoms with Gasteiger partial charge in [0.05, 0.1) is 7.11 Å². The molecule has 0 aliphatic carbocycles. The minimum absolute atomic E-state index is 0.139. The van der Waals surface area contributed by atoms with E-state index in [0.717, 1.165) is 5.56 Å². The van der Waals surface area contributed by atoms with Crippen LogP contribution < -0.4 is 0 Å². The summed E-state index contributed by atoms with van der Waals surface area (Å²) in [6.07, 6.45) is 0. The molecular formula is C13H14N2O3. The Morgan fingerprint density at radius 2 is 2.00 bits per heavy atom. The van der Waals surface area contributed by atoms with Crippen molar-refractivity contribution in [2.24, 2.45) is 0 Å². The molecule has 0 saturated carbocycles. The molecule has 0 aliphatic rings. The molecule has 0 N–H and O–H groups in total. The average Bonchev–Trinajstić information content (AvgIpc) is 2.39. The first-order chi connectivity index (χ1) is 8.67. The molecule has 0 fully saturated rings. The van der Waals surface area contributed by atoms with E-state index in [4.69, 9.17) is 6.57 Å². The molecule has 0 aliphatic heterocycles. The Morgan fingerprint density at radius 3 is 2.56 bits per heavy atom. The van der Waals surface area contributed by atoms with Crippen molar-refractivity contribution in [3.05, 3.63) is 47.3 Å². The quantitative estimate of drug-likeness (QED) is 0.577. The van der Waals surface area contributed by atoms with Gasteiger partial charge in [-0.15, -0.1) is 0 Å². The Kier molecular flexibility index (Phi) is 5.39. The highest BCUT2D eigenvalue weighted by Gasteiger charge is 2.19. The molecule has 5 nitrogen and oxygen atoms in total. The fourth-order valence-electron chi connectivity index (χ4n) is 1.42. The Labute approximate surface area is 106 Å². The monoisotopic (exact) mass is 246 g/mol. The summed E-state index contributed by atoms with van der Waals surface area (Å²) >= 11 is 0. The summed E-state index contributed by atoms with van der Waals surface area (Å²) in [4.78, 5) is 27.3. The highest BCUT2D eigenvalue weighted by atomic mass is 16.5. The highest BCUT2D eigenvalue weighted by Crippen LogP contribution is 2.05. The zero-order chi connectivity index (χ0) is 13.4. The van der Waals surface area contributed by atoms with Gasteiger partial charge in [0.15, 0.2) is 0 Å². The number of carbonyl (C=O) groups excluding carboxylic acids is 2. The van der Waals surface area contributed by atoms with Gasteiger partial charge < -0.3 is 14.5 Å². The smallest absolute Gasteiger partial charge is 0.325 e. The third kappa shape index (κ3) is 4.26. The summed E-state index contributed by atoms with van der Waals surface area (Å²) < 4.78 is 4.54. The van der Waals surface area contributed by atoms with Crippen LogP contribution in [0.15, 0.2) is 30.3 Å². The lowest BCUT2D eigenvalue weighted by atomic mass is 10.2. The molecule has 94 valence electrons. The number of ether oxygens (including phenoxy) is 1. The lowest BCUT2D eigenvalue weighted by Crippen LogP contribution is -2.36. The summed E-state index contributed by atoms with van der Waals surface area (Å²) in [5.74, 6) is -0.872. The highest BCUT2D eigenvalue weighted by molar-refractivity contribution is 5.84. The van der Waals surface area contributed by atoms with E-state index in [1.165, 1.54) is 12.0 Å². The number of methoxy groups -OCH3 is 1. The van der Waals surface area contributed by atoms with Crippen LogP contribution in [0.25, 0.3) is 4.85 Å². The minimum Gasteiger partial charge on any atom is -0.468 e. The number of hydrogen-bond donors (Lipinski definition) is 0. The molecule has 1 aromatic rings. The summed E-state index contributed by atoms with van der Waals surface area (Å²) in [7, 11) is 1.27. The first-order valence-corrected chi connectivity index (χ1v) is 5.39. The van der Waals surface area contributed by atoms with Crippen molar-refractivity contribution >= 4 is 11.9 Å². The van der Waals surface area contributed by atoms with E-state index in [0.29, 0.717) is 6.54 Å². The van der Waals surface area contributed by atoms with Crippen LogP contribution in [0.1, 0.15) is 5.56 Å². The lowest BCUT2D eigenvalue weighted by molar-refractivity contribution is -0.146. The van der Waals surface area contributed by atoms with Crippen LogP contribution in [0.5, 0.6) is 0 Å². The molecule has 18 heavy (non-hydrogen) atoms. The van der Waals surface area contributed by atoms with Crippen molar-refractivity contribution in [2.75, 3.05) is 20.2 Å². The van der Waals surface area contributed by atoms with Crippen LogP contribution in [-0.2, 0) is 20.9 Å². The third-order valence-corrected chi connectivity index (χ3v) is 2.33. The van der Waals surface area contributed by atoms with Gasteiger partial charge in [0, 0.05) is 6.54 Å². The van der Waals surface area contributed by atoms with Gasteiger partial charge in [-0.05, 0) is 5.56 Å². The van der Waals surface area contributed by atoms with Crippen molar-refractivity contribution < 1.29 is 14.3 Å². The SMILES string of the molecule is [C-]#[N+]CC(=O)N(CC(=O)OC)Cc1ccccc1. The second kappa shape index (κ2) is 7.07. The second-order valence-corrected chi connectivity index (χ2v) is 3.63. The zero-order valence-electron chi connectivity index (χ0n) is 10.1. The number of benzene rings is 1. The maximum Gasteiger partial charge on any atom is 0.325 e. The largest absolute Gasteiger partial charge is 0.468 e. The topological polar surface area (TPSA) is 51.0 Å². The molecule has 0 unspecified atom stereocenters. The summed E-state index contributed by atoms with van der Waals surface area (Å²) in [5.41, 5.74) is 0.903. The van der Waals surface area contributed by atoms with Gasteiger partial charge in [-0.25, -0.2) is 6.57 Å². The minimum atomic E-state index is -0.496. The molecule has 5 heteroatoms. The number of hydrogen-bond acceptors (Lipinski definition) is 3. The Balaban J connectivity index is 2.74. The predicted octanol–water partition coefficient (Wildman–Crippen LogP) is 1.11. The molecular weight excluding hydrogens is 232 g/mol. The molecule has 0 saturated heterocycles. The van der Waals surface area contributed by atoms with Gasteiger partial charge in [-0.1, -0.05) is 30.3 Å². The van der Waals surface area contributed by atoms with Crippen molar-refractivity contribution in [3.63, 3.8) is 0 Å². The van der Waals surface area contributed by atoms with Crippen LogP contribution in [-0.4, -0.2) is 37.0 Å². The standard InChI is InChI=1S/C13H14N2O3/c1-14-8-12(16)15(10-13(17)18-2)9-11-6-4-3-5-7-11/h3-7H,8-10H2,2H3. The number of amides is 1. The van der Waals surface area contributed by atoms with Gasteiger partial charge in [0.2, 0.25) is 0 Å². The van der Waals surface area contributed by atoms with Crippen molar-refractivity contribution in [1.29, 1.82) is 0 Å². The Bertz CT molecular complexity index is 451. The summed E-state index contributed by atoms with van der Waals surface area (Å²) in [6.45, 7) is 6.59. The number of rotatable bonds is 5. The maximum absolute atomic E-state index is 11.7. The average molecular weight is 246 g/mol. The van der Waals surface area contributed by atoms with Crippen molar-refractivity contribution in [3.8, 4) is 0 Å². The molecule has 0 heterocycles. The summed E-state index contributed by atoms with van der Waals surface area (Å²) in [6, 6.07) is 9.29. The number of nitrogens with zero attached hydrogens (tertiary/aromatic N) is 2. The van der Waals surface area contributed by atoms with Crippen LogP contribution in [0, 0.1) is 6.57 Å². The van der Waals surface area contributed by atoms with E-state index < -0.39 is 5.97 Å². The molecule has 1 aromatic carbocycles. The van der Waals surface area contributed by atoms with Crippen LogP contribution >= 0.6 is 0 Å². The van der Waals surface area contributed by atoms with E-state index in [1.807, 2.05) is 30.3 Å². The van der Waals surface area contributed by atoms with Crippen LogP contribution in [0.2, 0.25) is 0 Å². The zero-order valence-corrected chi connectivity index (χ0v) is 10.1. The van der Waals surface area contributed by atoms with Crippen LogP contribution in [0.3, 0.4) is 0 Å². The van der Waals surface area contributed by atoms with Crippen molar-refractivity contribution in [1.82, 2.24) is 4.90 Å². The van der Waals surface area contributed by atoms with Gasteiger partial charge in [-0.3, -0.25) is 9.59 Å². The first kappa shape index (κ1) is 13.7. The van der Waals surface area contributed by atoms with E-state index in [9.17, 15) is 9.59 Å². The molecule has 0 bridgehead atoms. The van der Waals surface area contributed by atoms with E-state index in [1.54, 1.807) is 0 Å². The van der Waals surface area contributed by atoms with Gasteiger partial charge in [0.25, 0.3) is 6.54 Å². The van der Waals surface area contributed by atoms with E-state index >= 15 is 0 Å². The van der Waals surface area contributed by atoms with E-state index in [2.05, 4.69) is 9.58 Å². The second-order valence-electron chi connectivity index (χ2n) is 3.63. The first-order valence-electron chi connectivity index (χ1n) is 5.39. The van der Waals surface area contributed by atoms with E-state index in [-0.39, 0.29) is 19.0 Å². The fraction of sp³-hybridized carbons (Fsp3) is 0.308. The Hall–Kier alpha value is -2.35. The molecule has 1 rings (SSSR count). The number of esters is 1. The lowest BCUT2D eigenvalue weighted by Gasteiger charge is -2.19. The van der Waals surface area contributed by atoms with Gasteiger partial charge in [-0.2, -0.15) is 0 Å². The Morgan fingerprint density at radius 1 is 1.33 bits per heavy atom. The molecule has 0 radical (unpaired) electrons. The van der Waals surface area contributed by atoms with Gasteiger partial charge >= 0.3 is 11.9 Å². The fourth-order valence-corrected chi connectivity index (χ4v) is 1.42. The predicted molar refractivity (Wildman–Crippen MR) is 65.3 cm³/mol. The third-order valence-electron chi connectivity index (χ3n) is 2.33. The van der Waals surface area contributed by atoms with Gasteiger partial charge in [0.1, 0.15) is 6.54 Å².